The Morgan fingerprint density at radius 1 is 0.258 bits per heavy atom. The third kappa shape index (κ3) is 7.23. The minimum atomic E-state index is 1.11. The van der Waals surface area contributed by atoms with Crippen molar-refractivity contribution in [1.29, 1.82) is 0 Å². The average molecular weight is 795 g/mol. The minimum absolute atomic E-state index is 1.11. The fraction of sp³-hybridized carbons (Fsp3) is 0.0333. The second kappa shape index (κ2) is 17.0. The molecule has 0 spiro atoms. The first kappa shape index (κ1) is 38.3. The van der Waals surface area contributed by atoms with Crippen molar-refractivity contribution in [3.8, 4) is 0 Å². The topological polar surface area (TPSA) is 6.48 Å². The van der Waals surface area contributed by atoms with Crippen molar-refractivity contribution in [2.24, 2.45) is 0 Å². The van der Waals surface area contributed by atoms with Gasteiger partial charge in [0.1, 0.15) is 0 Å². The molecule has 0 atom stereocenters. The highest BCUT2D eigenvalue weighted by atomic mass is 15.2. The van der Waals surface area contributed by atoms with Gasteiger partial charge in [-0.15, -0.1) is 0 Å². The van der Waals surface area contributed by atoms with Gasteiger partial charge in [0.15, 0.2) is 0 Å². The highest BCUT2D eigenvalue weighted by Gasteiger charge is 2.19. The molecule has 0 unspecified atom stereocenters. The molecule has 0 bridgehead atoms. The summed E-state index contributed by atoms with van der Waals surface area (Å²) < 4.78 is 0. The van der Waals surface area contributed by atoms with Crippen LogP contribution < -0.4 is 9.80 Å². The van der Waals surface area contributed by atoms with Crippen molar-refractivity contribution in [2.45, 2.75) is 13.8 Å². The second-order valence-electron chi connectivity index (χ2n) is 15.4. The zero-order chi connectivity index (χ0) is 41.8. The smallest absolute Gasteiger partial charge is 0.0540 e. The first-order valence-electron chi connectivity index (χ1n) is 21.6. The summed E-state index contributed by atoms with van der Waals surface area (Å²) >= 11 is 0. The molecule has 0 saturated carbocycles. The van der Waals surface area contributed by atoms with E-state index in [0.29, 0.717) is 0 Å². The van der Waals surface area contributed by atoms with E-state index in [2.05, 4.69) is 252 Å². The molecule has 0 aliphatic heterocycles. The molecule has 0 radical (unpaired) electrons. The molecule has 0 saturated heterocycles. The molecule has 0 heterocycles. The Kier molecular flexibility index (Phi) is 10.5. The van der Waals surface area contributed by atoms with E-state index in [1.165, 1.54) is 53.9 Å². The van der Waals surface area contributed by atoms with E-state index in [1.54, 1.807) is 0 Å². The molecule has 0 fully saturated rings. The fourth-order valence-corrected chi connectivity index (χ4v) is 8.85. The Morgan fingerprint density at radius 2 is 0.581 bits per heavy atom. The molecule has 0 aliphatic carbocycles. The van der Waals surface area contributed by atoms with Crippen LogP contribution in [0.2, 0.25) is 0 Å². The number of benzene rings is 11. The van der Waals surface area contributed by atoms with Crippen molar-refractivity contribution >= 4 is 100 Å². The summed E-state index contributed by atoms with van der Waals surface area (Å²) in [6, 6.07) is 83.4. The minimum Gasteiger partial charge on any atom is -0.309 e. The van der Waals surface area contributed by atoms with Crippen LogP contribution in [0.3, 0.4) is 0 Å². The van der Waals surface area contributed by atoms with E-state index in [9.17, 15) is 0 Å². The highest BCUT2D eigenvalue weighted by Crippen LogP contribution is 2.44. The SMILES string of the molecule is C(=C\c1ccc2cc(N(c3cccc4ccccc34)c3cccc4ccccc34)ccc2c1)/c1ccc(N(c2cccc3ccccc23)c2cccc3ccccc23)cc1.CC. The summed E-state index contributed by atoms with van der Waals surface area (Å²) in [6.45, 7) is 4.00. The molecule has 2 heteroatoms. The lowest BCUT2D eigenvalue weighted by Crippen LogP contribution is -2.11. The van der Waals surface area contributed by atoms with Crippen LogP contribution in [-0.4, -0.2) is 0 Å². The molecule has 0 aromatic heterocycles. The van der Waals surface area contributed by atoms with Crippen LogP contribution in [0.15, 0.2) is 231 Å². The Balaban J connectivity index is 0.00000226. The number of fused-ring (bicyclic) bond motifs is 5. The monoisotopic (exact) mass is 794 g/mol. The molecular formula is C60H46N2. The molecule has 0 amide bonds. The largest absolute Gasteiger partial charge is 0.309 e. The van der Waals surface area contributed by atoms with E-state index in [-0.39, 0.29) is 0 Å². The summed E-state index contributed by atoms with van der Waals surface area (Å²) in [5.74, 6) is 0. The van der Waals surface area contributed by atoms with Gasteiger partial charge in [-0.05, 0) is 98.0 Å². The Hall–Kier alpha value is -7.94. The van der Waals surface area contributed by atoms with Crippen molar-refractivity contribution in [1.82, 2.24) is 0 Å². The zero-order valence-corrected chi connectivity index (χ0v) is 35.0. The van der Waals surface area contributed by atoms with Crippen molar-refractivity contribution in [3.63, 3.8) is 0 Å². The Bertz CT molecular complexity index is 3220. The summed E-state index contributed by atoms with van der Waals surface area (Å²) in [5, 5.41) is 12.2. The lowest BCUT2D eigenvalue weighted by atomic mass is 10.0. The van der Waals surface area contributed by atoms with E-state index >= 15 is 0 Å². The number of hydrogen-bond acceptors (Lipinski definition) is 2. The van der Waals surface area contributed by atoms with Crippen LogP contribution in [-0.2, 0) is 0 Å². The van der Waals surface area contributed by atoms with E-state index in [1.807, 2.05) is 13.8 Å². The lowest BCUT2D eigenvalue weighted by Gasteiger charge is -2.28. The molecule has 62 heavy (non-hydrogen) atoms. The molecule has 11 rings (SSSR count). The van der Waals surface area contributed by atoms with Crippen LogP contribution in [0.5, 0.6) is 0 Å². The summed E-state index contributed by atoms with van der Waals surface area (Å²) in [6.07, 6.45) is 4.43. The van der Waals surface area contributed by atoms with Crippen LogP contribution in [0.25, 0.3) is 66.0 Å². The van der Waals surface area contributed by atoms with E-state index < -0.39 is 0 Å². The molecule has 0 N–H and O–H groups in total. The third-order valence-corrected chi connectivity index (χ3v) is 11.8. The quantitative estimate of drug-likeness (QED) is 0.141. The van der Waals surface area contributed by atoms with Crippen LogP contribution >= 0.6 is 0 Å². The van der Waals surface area contributed by atoms with Gasteiger partial charge in [-0.2, -0.15) is 0 Å². The van der Waals surface area contributed by atoms with Crippen LogP contribution in [0.4, 0.5) is 34.1 Å². The van der Waals surface area contributed by atoms with Gasteiger partial charge in [0.05, 0.1) is 22.7 Å². The van der Waals surface area contributed by atoms with Gasteiger partial charge in [-0.25, -0.2) is 0 Å². The predicted molar refractivity (Wildman–Crippen MR) is 270 cm³/mol. The second-order valence-corrected chi connectivity index (χ2v) is 15.4. The summed E-state index contributed by atoms with van der Waals surface area (Å²) in [5.41, 5.74) is 9.17. The van der Waals surface area contributed by atoms with Gasteiger partial charge in [0, 0.05) is 32.9 Å². The van der Waals surface area contributed by atoms with Crippen molar-refractivity contribution < 1.29 is 0 Å². The molecule has 0 aliphatic rings. The standard InChI is InChI=1S/C58H40N2.C2H6/c1-5-21-51-43(13-1)17-9-25-55(51)59(56-26-10-18-44-14-2-6-22-52(44)56)49-36-32-41(33-37-49)29-30-42-31-34-48-40-50(38-35-47(48)39-42)60(57-27-11-19-45-15-3-7-23-53(45)57)58-28-12-20-46-16-4-8-24-54(46)58;1-2/h1-40H;1-2H3/b30-29+;. The average Bonchev–Trinajstić information content (AvgIpc) is 3.35. The maximum atomic E-state index is 2.42. The van der Waals surface area contributed by atoms with Gasteiger partial charge in [-0.1, -0.05) is 202 Å². The lowest BCUT2D eigenvalue weighted by molar-refractivity contribution is 1.31. The van der Waals surface area contributed by atoms with Crippen LogP contribution in [0, 0.1) is 0 Å². The Labute approximate surface area is 363 Å². The predicted octanol–water partition coefficient (Wildman–Crippen LogP) is 17.6. The number of nitrogens with zero attached hydrogens (tertiary/aromatic N) is 2. The van der Waals surface area contributed by atoms with Gasteiger partial charge >= 0.3 is 0 Å². The zero-order valence-electron chi connectivity index (χ0n) is 35.0. The van der Waals surface area contributed by atoms with Gasteiger partial charge < -0.3 is 9.80 Å². The van der Waals surface area contributed by atoms with Gasteiger partial charge in [0.25, 0.3) is 0 Å². The first-order chi connectivity index (χ1) is 30.7. The fourth-order valence-electron chi connectivity index (χ4n) is 8.85. The molecule has 296 valence electrons. The Morgan fingerprint density at radius 3 is 1.03 bits per heavy atom. The summed E-state index contributed by atoms with van der Waals surface area (Å²) in [7, 11) is 0. The first-order valence-corrected chi connectivity index (χ1v) is 21.6. The molecule has 11 aromatic carbocycles. The molecular weight excluding hydrogens is 749 g/mol. The van der Waals surface area contributed by atoms with Crippen LogP contribution in [0.1, 0.15) is 25.0 Å². The van der Waals surface area contributed by atoms with Gasteiger partial charge in [-0.3, -0.25) is 0 Å². The molecule has 11 aromatic rings. The summed E-state index contributed by atoms with van der Waals surface area (Å²) in [4.78, 5) is 4.82. The number of rotatable bonds is 8. The third-order valence-electron chi connectivity index (χ3n) is 11.8. The highest BCUT2D eigenvalue weighted by molar-refractivity contribution is 6.07. The van der Waals surface area contributed by atoms with E-state index in [0.717, 1.165) is 45.3 Å². The number of anilines is 6. The van der Waals surface area contributed by atoms with E-state index in [4.69, 9.17) is 0 Å². The van der Waals surface area contributed by atoms with Crippen molar-refractivity contribution in [2.75, 3.05) is 9.80 Å². The maximum absolute atomic E-state index is 2.42. The normalized spacial score (nSPS) is 11.3. The molecule has 2 nitrogen and oxygen atoms in total. The number of hydrogen-bond donors (Lipinski definition) is 0. The van der Waals surface area contributed by atoms with Gasteiger partial charge in [0.2, 0.25) is 0 Å². The maximum Gasteiger partial charge on any atom is 0.0540 e. The van der Waals surface area contributed by atoms with Crippen molar-refractivity contribution in [3.05, 3.63) is 242 Å².